The highest BCUT2D eigenvalue weighted by atomic mass is 35.5. The van der Waals surface area contributed by atoms with Gasteiger partial charge in [0.1, 0.15) is 5.75 Å². The van der Waals surface area contributed by atoms with Crippen LogP contribution < -0.4 is 5.32 Å². The lowest BCUT2D eigenvalue weighted by molar-refractivity contribution is 0.133. The zero-order valence-corrected chi connectivity index (χ0v) is 12.7. The molecule has 3 rings (SSSR count). The summed E-state index contributed by atoms with van der Waals surface area (Å²) in [5.41, 5.74) is 0.883. The van der Waals surface area contributed by atoms with E-state index in [1.165, 1.54) is 25.7 Å². The first kappa shape index (κ1) is 14.2. The van der Waals surface area contributed by atoms with E-state index in [1.807, 2.05) is 12.1 Å². The van der Waals surface area contributed by atoms with E-state index in [2.05, 4.69) is 17.3 Å². The molecule has 2 bridgehead atoms. The molecule has 1 aromatic rings. The van der Waals surface area contributed by atoms with Gasteiger partial charge in [-0.1, -0.05) is 23.7 Å². The number of hydrogen-bond donors (Lipinski definition) is 2. The fourth-order valence-corrected chi connectivity index (χ4v) is 4.00. The van der Waals surface area contributed by atoms with Gasteiger partial charge in [-0.25, -0.2) is 0 Å². The number of rotatable bonds is 4. The Bertz CT molecular complexity index is 466. The van der Waals surface area contributed by atoms with E-state index in [0.29, 0.717) is 11.6 Å². The van der Waals surface area contributed by atoms with Crippen LogP contribution in [0.3, 0.4) is 0 Å². The molecule has 0 aromatic heterocycles. The van der Waals surface area contributed by atoms with Crippen molar-refractivity contribution in [1.82, 2.24) is 10.2 Å². The van der Waals surface area contributed by atoms with Gasteiger partial charge in [-0.2, -0.15) is 0 Å². The lowest BCUT2D eigenvalue weighted by Crippen LogP contribution is -2.42. The molecule has 2 atom stereocenters. The Morgan fingerprint density at radius 1 is 1.30 bits per heavy atom. The number of aromatic hydroxyl groups is 1. The van der Waals surface area contributed by atoms with Crippen molar-refractivity contribution in [3.05, 3.63) is 28.8 Å². The van der Waals surface area contributed by atoms with E-state index in [9.17, 15) is 5.11 Å². The number of fused-ring (bicyclic) bond motifs is 2. The van der Waals surface area contributed by atoms with Crippen molar-refractivity contribution in [2.24, 2.45) is 5.92 Å². The zero-order valence-electron chi connectivity index (χ0n) is 12.0. The van der Waals surface area contributed by atoms with Crippen LogP contribution in [-0.4, -0.2) is 35.7 Å². The van der Waals surface area contributed by atoms with Crippen molar-refractivity contribution >= 4 is 11.6 Å². The largest absolute Gasteiger partial charge is 0.506 e. The number of piperidine rings is 1. The van der Waals surface area contributed by atoms with Gasteiger partial charge in [0.2, 0.25) is 0 Å². The second-order valence-corrected chi connectivity index (χ2v) is 6.67. The number of halogens is 1. The normalized spacial score (nSPS) is 29.8. The van der Waals surface area contributed by atoms with E-state index < -0.39 is 0 Å². The smallest absolute Gasteiger partial charge is 0.138 e. The van der Waals surface area contributed by atoms with E-state index in [4.69, 9.17) is 11.6 Å². The highest BCUT2D eigenvalue weighted by Gasteiger charge is 2.37. The molecule has 0 radical (unpaired) electrons. The molecular weight excluding hydrogens is 272 g/mol. The Hall–Kier alpha value is -0.770. The van der Waals surface area contributed by atoms with Crippen LogP contribution >= 0.6 is 11.6 Å². The lowest BCUT2D eigenvalue weighted by Gasteiger charge is -2.36. The first-order valence-corrected chi connectivity index (χ1v) is 7.92. The molecule has 2 heterocycles. The maximum absolute atomic E-state index is 9.88. The molecule has 0 amide bonds. The molecule has 20 heavy (non-hydrogen) atoms. The Morgan fingerprint density at radius 3 is 2.70 bits per heavy atom. The van der Waals surface area contributed by atoms with Crippen molar-refractivity contribution in [2.75, 3.05) is 13.6 Å². The summed E-state index contributed by atoms with van der Waals surface area (Å²) in [5, 5.41) is 13.8. The number of nitrogens with one attached hydrogen (secondary N) is 1. The number of phenols is 1. The first-order chi connectivity index (χ1) is 9.65. The summed E-state index contributed by atoms with van der Waals surface area (Å²) < 4.78 is 0. The number of phenolic OH excluding ortho intramolecular Hbond substituents is 1. The van der Waals surface area contributed by atoms with Gasteiger partial charge >= 0.3 is 0 Å². The second kappa shape index (κ2) is 5.92. The summed E-state index contributed by atoms with van der Waals surface area (Å²) >= 11 is 5.92. The van der Waals surface area contributed by atoms with Crippen LogP contribution in [0, 0.1) is 5.92 Å². The topological polar surface area (TPSA) is 35.5 Å². The van der Waals surface area contributed by atoms with Crippen molar-refractivity contribution in [1.29, 1.82) is 0 Å². The first-order valence-electron chi connectivity index (χ1n) is 7.54. The fraction of sp³-hybridized carbons (Fsp3) is 0.625. The minimum absolute atomic E-state index is 0.213. The molecule has 0 spiro atoms. The van der Waals surface area contributed by atoms with E-state index in [-0.39, 0.29) is 5.75 Å². The van der Waals surface area contributed by atoms with Crippen LogP contribution in [0.2, 0.25) is 5.02 Å². The molecule has 0 aliphatic carbocycles. The number of nitrogens with zero attached hydrogens (tertiary/aromatic N) is 1. The molecule has 1 aromatic carbocycles. The van der Waals surface area contributed by atoms with Gasteiger partial charge in [-0.05, 0) is 51.3 Å². The van der Waals surface area contributed by atoms with Crippen LogP contribution in [-0.2, 0) is 6.54 Å². The Balaban J connectivity index is 1.50. The molecular formula is C16H23ClN2O. The minimum Gasteiger partial charge on any atom is -0.506 e. The number of hydrogen-bond acceptors (Lipinski definition) is 3. The molecule has 4 heteroatoms. The molecule has 3 nitrogen and oxygen atoms in total. The highest BCUT2D eigenvalue weighted by molar-refractivity contribution is 6.32. The van der Waals surface area contributed by atoms with Crippen molar-refractivity contribution < 1.29 is 5.11 Å². The summed E-state index contributed by atoms with van der Waals surface area (Å²) in [6, 6.07) is 7.11. The van der Waals surface area contributed by atoms with Gasteiger partial charge in [0.05, 0.1) is 5.02 Å². The van der Waals surface area contributed by atoms with Gasteiger partial charge in [0.15, 0.2) is 0 Å². The molecule has 2 fully saturated rings. The van der Waals surface area contributed by atoms with Crippen molar-refractivity contribution in [2.45, 2.75) is 44.3 Å². The maximum Gasteiger partial charge on any atom is 0.138 e. The van der Waals surface area contributed by atoms with Gasteiger partial charge < -0.3 is 15.3 Å². The van der Waals surface area contributed by atoms with E-state index >= 15 is 0 Å². The van der Waals surface area contributed by atoms with Gasteiger partial charge in [0.25, 0.3) is 0 Å². The molecule has 110 valence electrons. The third kappa shape index (κ3) is 2.80. The molecule has 2 aliphatic rings. The average molecular weight is 295 g/mol. The third-order valence-electron chi connectivity index (χ3n) is 5.01. The second-order valence-electron chi connectivity index (χ2n) is 6.27. The van der Waals surface area contributed by atoms with Crippen LogP contribution in [0.15, 0.2) is 18.2 Å². The van der Waals surface area contributed by atoms with Gasteiger partial charge in [-0.15, -0.1) is 0 Å². The molecule has 2 unspecified atom stereocenters. The quantitative estimate of drug-likeness (QED) is 0.896. The standard InChI is InChI=1S/C16H23ClN2O/c1-19-13-5-6-14(19)8-11(7-13)9-18-10-12-3-2-4-15(17)16(12)20/h2-4,11,13-14,18,20H,5-10H2,1H3. The van der Waals surface area contributed by atoms with Crippen LogP contribution in [0.25, 0.3) is 0 Å². The van der Waals surface area contributed by atoms with E-state index in [1.54, 1.807) is 6.07 Å². The highest BCUT2D eigenvalue weighted by Crippen LogP contribution is 2.37. The summed E-state index contributed by atoms with van der Waals surface area (Å²) in [5.74, 6) is 0.982. The predicted molar refractivity (Wildman–Crippen MR) is 82.1 cm³/mol. The summed E-state index contributed by atoms with van der Waals surface area (Å²) in [6.45, 7) is 1.72. The predicted octanol–water partition coefficient (Wildman–Crippen LogP) is 3.01. The Morgan fingerprint density at radius 2 is 2.00 bits per heavy atom. The lowest BCUT2D eigenvalue weighted by atomic mass is 9.91. The average Bonchev–Trinajstić information content (AvgIpc) is 2.65. The summed E-state index contributed by atoms with van der Waals surface area (Å²) in [4.78, 5) is 2.57. The summed E-state index contributed by atoms with van der Waals surface area (Å²) in [6.07, 6.45) is 5.35. The molecule has 0 saturated carbocycles. The molecule has 2 aliphatic heterocycles. The fourth-order valence-electron chi connectivity index (χ4n) is 3.80. The Labute approximate surface area is 125 Å². The SMILES string of the molecule is CN1C2CCC1CC(CNCc1cccc(Cl)c1O)C2. The monoisotopic (exact) mass is 294 g/mol. The maximum atomic E-state index is 9.88. The zero-order chi connectivity index (χ0) is 14.1. The number of benzene rings is 1. The van der Waals surface area contributed by atoms with Gasteiger partial charge in [0, 0.05) is 24.2 Å². The summed E-state index contributed by atoms with van der Waals surface area (Å²) in [7, 11) is 2.27. The van der Waals surface area contributed by atoms with Crippen molar-refractivity contribution in [3.63, 3.8) is 0 Å². The molecule has 2 N–H and O–H groups in total. The Kier molecular flexibility index (Phi) is 4.20. The minimum atomic E-state index is 0.213. The third-order valence-corrected chi connectivity index (χ3v) is 5.32. The van der Waals surface area contributed by atoms with Crippen LogP contribution in [0.1, 0.15) is 31.2 Å². The van der Waals surface area contributed by atoms with Crippen LogP contribution in [0.4, 0.5) is 0 Å². The van der Waals surface area contributed by atoms with Gasteiger partial charge in [-0.3, -0.25) is 0 Å². The number of para-hydroxylation sites is 1. The molecule has 2 saturated heterocycles. The van der Waals surface area contributed by atoms with Crippen molar-refractivity contribution in [3.8, 4) is 5.75 Å². The van der Waals surface area contributed by atoms with Crippen LogP contribution in [0.5, 0.6) is 5.75 Å². The van der Waals surface area contributed by atoms with E-state index in [0.717, 1.165) is 30.1 Å².